The highest BCUT2D eigenvalue weighted by Crippen LogP contribution is 2.37. The zero-order chi connectivity index (χ0) is 33.7. The van der Waals surface area contributed by atoms with Crippen molar-refractivity contribution in [3.8, 4) is 16.9 Å². The molecule has 4 N–H and O–H groups in total. The normalized spacial score (nSPS) is 19.3. The van der Waals surface area contributed by atoms with Gasteiger partial charge in [-0.2, -0.15) is 4.31 Å². The topological polar surface area (TPSA) is 146 Å². The number of aliphatic hydroxyl groups is 1. The lowest BCUT2D eigenvalue weighted by Crippen LogP contribution is -2.47. The fraction of sp³-hybridized carbons (Fsp3) is 0.471. The Hall–Kier alpha value is -2.88. The van der Waals surface area contributed by atoms with Gasteiger partial charge in [0.05, 0.1) is 22.0 Å². The molecule has 0 aliphatic carbocycles. The molecule has 0 bridgehead atoms. The number of hydrogen-bond donors (Lipinski definition) is 4. The third-order valence-corrected chi connectivity index (χ3v) is 12.1. The van der Waals surface area contributed by atoms with Crippen LogP contribution in [0.5, 0.6) is 5.75 Å². The van der Waals surface area contributed by atoms with Crippen molar-refractivity contribution in [1.29, 1.82) is 0 Å². The minimum atomic E-state index is -3.67. The minimum Gasteiger partial charge on any atom is -0.491 e. The van der Waals surface area contributed by atoms with Gasteiger partial charge in [0.1, 0.15) is 18.5 Å². The molecule has 1 spiro atoms. The maximum Gasteiger partial charge on any atom is 0.243 e. The van der Waals surface area contributed by atoms with Crippen molar-refractivity contribution in [3.63, 3.8) is 0 Å². The van der Waals surface area contributed by atoms with Crippen LogP contribution in [-0.2, 0) is 31.3 Å². The molecule has 0 unspecified atom stereocenters. The number of nitrogens with one attached hydrogen (secondary N) is 3. The molecule has 47 heavy (non-hydrogen) atoms. The van der Waals surface area contributed by atoms with Crippen molar-refractivity contribution in [2.45, 2.75) is 73.2 Å². The summed E-state index contributed by atoms with van der Waals surface area (Å²) in [6, 6.07) is 21.8. The molecular weight excluding hydrogens is 641 g/mol. The van der Waals surface area contributed by atoms with Gasteiger partial charge in [0, 0.05) is 44.3 Å². The molecule has 256 valence electrons. The molecule has 0 aromatic heterocycles. The molecule has 2 heterocycles. The van der Waals surface area contributed by atoms with Gasteiger partial charge in [-0.3, -0.25) is 0 Å². The number of piperidine rings is 1. The van der Waals surface area contributed by atoms with Crippen LogP contribution in [0.25, 0.3) is 11.1 Å². The third kappa shape index (κ3) is 8.98. The highest BCUT2D eigenvalue weighted by Gasteiger charge is 2.44. The number of hydrogen-bond acceptors (Lipinski definition) is 9. The predicted octanol–water partition coefficient (Wildman–Crippen LogP) is 3.10. The first-order valence-corrected chi connectivity index (χ1v) is 19.0. The first-order valence-electron chi connectivity index (χ1n) is 16.0. The van der Waals surface area contributed by atoms with Crippen molar-refractivity contribution in [3.05, 3.63) is 78.4 Å². The van der Waals surface area contributed by atoms with E-state index in [2.05, 4.69) is 41.3 Å². The highest BCUT2D eigenvalue weighted by molar-refractivity contribution is 7.89. The maximum absolute atomic E-state index is 13.7. The molecule has 2 atom stereocenters. The van der Waals surface area contributed by atoms with Gasteiger partial charge in [-0.15, -0.1) is 0 Å². The van der Waals surface area contributed by atoms with Gasteiger partial charge in [0.15, 0.2) is 0 Å². The first-order chi connectivity index (χ1) is 22.4. The van der Waals surface area contributed by atoms with E-state index in [1.807, 2.05) is 18.2 Å². The van der Waals surface area contributed by atoms with E-state index in [1.165, 1.54) is 24.7 Å². The molecule has 0 amide bonds. The lowest BCUT2D eigenvalue weighted by atomic mass is 9.88. The zero-order valence-corrected chi connectivity index (χ0v) is 28.8. The summed E-state index contributed by atoms with van der Waals surface area (Å²) in [6.07, 6.45) is 1.08. The smallest absolute Gasteiger partial charge is 0.243 e. The van der Waals surface area contributed by atoms with Gasteiger partial charge in [0.2, 0.25) is 20.0 Å². The summed E-state index contributed by atoms with van der Waals surface area (Å²) in [5.74, 6) is 0.348. The van der Waals surface area contributed by atoms with Crippen LogP contribution in [0.2, 0.25) is 0 Å². The highest BCUT2D eigenvalue weighted by atomic mass is 32.2. The van der Waals surface area contributed by atoms with Crippen LogP contribution in [0.4, 0.5) is 0 Å². The van der Waals surface area contributed by atoms with Crippen molar-refractivity contribution >= 4 is 20.0 Å². The van der Waals surface area contributed by atoms with E-state index < -0.39 is 31.8 Å². The van der Waals surface area contributed by atoms with E-state index in [0.717, 1.165) is 24.1 Å². The van der Waals surface area contributed by atoms with E-state index in [0.29, 0.717) is 44.3 Å². The Morgan fingerprint density at radius 3 is 2.36 bits per heavy atom. The predicted molar refractivity (Wildman–Crippen MR) is 181 cm³/mol. The largest absolute Gasteiger partial charge is 0.491 e. The molecule has 11 nitrogen and oxygen atoms in total. The van der Waals surface area contributed by atoms with Gasteiger partial charge >= 0.3 is 0 Å². The van der Waals surface area contributed by atoms with Crippen LogP contribution in [-0.4, -0.2) is 89.9 Å². The maximum atomic E-state index is 13.7. The van der Waals surface area contributed by atoms with Crippen molar-refractivity contribution in [2.75, 3.05) is 39.9 Å². The number of rotatable bonds is 14. The summed E-state index contributed by atoms with van der Waals surface area (Å²) in [5.41, 5.74) is 2.60. The summed E-state index contributed by atoms with van der Waals surface area (Å²) in [7, 11) is -5.93. The monoisotopic (exact) mass is 686 g/mol. The van der Waals surface area contributed by atoms with Gasteiger partial charge < -0.3 is 25.2 Å². The summed E-state index contributed by atoms with van der Waals surface area (Å²) < 4.78 is 67.1. The average Bonchev–Trinajstić information content (AvgIpc) is 3.47. The van der Waals surface area contributed by atoms with Gasteiger partial charge in [-0.25, -0.2) is 21.6 Å². The third-order valence-electron chi connectivity index (χ3n) is 8.79. The van der Waals surface area contributed by atoms with Gasteiger partial charge in [-0.05, 0) is 67.3 Å². The fourth-order valence-corrected chi connectivity index (χ4v) is 8.24. The Kier molecular flexibility index (Phi) is 11.4. The Morgan fingerprint density at radius 2 is 1.66 bits per heavy atom. The standard InChI is InChI=1S/C34H46N4O7S2/c1-25(2)36-21-26-10-12-27(13-11-26)28-6-4-9-33(18-28)47(42,43)38-16-14-34(15-17-38)20-29(23-45-34)37-22-30(39)24-44-31-7-5-8-32(19-31)46(40,41)35-3/h4-13,18-19,25,29-30,35-37,39H,14-17,20-24H2,1-3H3/t29-,30+/m1/s1. The lowest BCUT2D eigenvalue weighted by Gasteiger charge is -2.38. The molecule has 2 aliphatic heterocycles. The second-order valence-corrected chi connectivity index (χ2v) is 16.4. The molecule has 0 saturated carbocycles. The Bertz CT molecular complexity index is 1710. The fourth-order valence-electron chi connectivity index (χ4n) is 5.98. The van der Waals surface area contributed by atoms with Crippen molar-refractivity contribution < 1.29 is 31.4 Å². The van der Waals surface area contributed by atoms with Crippen LogP contribution in [0.1, 0.15) is 38.7 Å². The summed E-state index contributed by atoms with van der Waals surface area (Å²) in [6.45, 7) is 6.47. The Balaban J connectivity index is 1.10. The van der Waals surface area contributed by atoms with E-state index in [-0.39, 0.29) is 29.0 Å². The van der Waals surface area contributed by atoms with Crippen LogP contribution in [0, 0.1) is 0 Å². The number of nitrogens with zero attached hydrogens (tertiary/aromatic N) is 1. The van der Waals surface area contributed by atoms with Crippen LogP contribution >= 0.6 is 0 Å². The number of benzene rings is 3. The second kappa shape index (κ2) is 15.1. The summed E-state index contributed by atoms with van der Waals surface area (Å²) in [4.78, 5) is 0.372. The van der Waals surface area contributed by atoms with Crippen molar-refractivity contribution in [2.24, 2.45) is 0 Å². The number of sulfonamides is 2. The van der Waals surface area contributed by atoms with E-state index >= 15 is 0 Å². The minimum absolute atomic E-state index is 0.0100. The molecule has 0 radical (unpaired) electrons. The van der Waals surface area contributed by atoms with Gasteiger partial charge in [0.25, 0.3) is 0 Å². The Labute approximate surface area is 278 Å². The molecule has 2 fully saturated rings. The van der Waals surface area contributed by atoms with Crippen molar-refractivity contribution in [1.82, 2.24) is 19.7 Å². The number of aliphatic hydroxyl groups excluding tert-OH is 1. The molecular formula is C34H46N4O7S2. The van der Waals surface area contributed by atoms with E-state index in [4.69, 9.17) is 9.47 Å². The SMILES string of the molecule is CNS(=O)(=O)c1cccc(OC[C@@H](O)CN[C@H]2COC3(CCN(S(=O)(=O)c4cccc(-c5ccc(CNC(C)C)cc5)c4)CC3)C2)c1. The van der Waals surface area contributed by atoms with E-state index in [9.17, 15) is 21.9 Å². The molecule has 3 aromatic carbocycles. The quantitative estimate of drug-likeness (QED) is 0.201. The zero-order valence-electron chi connectivity index (χ0n) is 27.2. The van der Waals surface area contributed by atoms with Crippen LogP contribution in [0.15, 0.2) is 82.6 Å². The average molecular weight is 687 g/mol. The van der Waals surface area contributed by atoms with Crippen LogP contribution < -0.4 is 20.1 Å². The molecule has 3 aromatic rings. The summed E-state index contributed by atoms with van der Waals surface area (Å²) >= 11 is 0. The van der Waals surface area contributed by atoms with Gasteiger partial charge in [-0.1, -0.05) is 56.3 Å². The summed E-state index contributed by atoms with van der Waals surface area (Å²) in [5, 5.41) is 17.2. The molecule has 5 rings (SSSR count). The Morgan fingerprint density at radius 1 is 0.957 bits per heavy atom. The van der Waals surface area contributed by atoms with Crippen LogP contribution in [0.3, 0.4) is 0 Å². The van der Waals surface area contributed by atoms with E-state index in [1.54, 1.807) is 34.6 Å². The number of ether oxygens (including phenoxy) is 2. The second-order valence-electron chi connectivity index (χ2n) is 12.6. The first kappa shape index (κ1) is 35.4. The molecule has 2 aliphatic rings. The molecule has 13 heteroatoms. The molecule has 2 saturated heterocycles. The lowest BCUT2D eigenvalue weighted by molar-refractivity contribution is -0.0312.